The van der Waals surface area contributed by atoms with Crippen LogP contribution in [0.15, 0.2) is 6.33 Å². The SMILES string of the molecule is C[C@@H]1C[C@H](C)CN(CCNC(=O)C2CCN(c3ncnc4c3nc3n4CCCCC3)CC2)C1. The number of likely N-dealkylation sites (tertiary alicyclic amines) is 1. The van der Waals surface area contributed by atoms with Crippen LogP contribution in [0.3, 0.4) is 0 Å². The fourth-order valence-electron chi connectivity index (χ4n) is 6.17. The van der Waals surface area contributed by atoms with Gasteiger partial charge in [-0.1, -0.05) is 20.3 Å². The third kappa shape index (κ3) is 5.00. The Balaban J connectivity index is 1.15. The van der Waals surface area contributed by atoms with Crippen LogP contribution in [0.25, 0.3) is 11.2 Å². The van der Waals surface area contributed by atoms with Gasteiger partial charge in [0.1, 0.15) is 12.2 Å². The number of amides is 1. The Morgan fingerprint density at radius 2 is 1.85 bits per heavy atom. The number of carbonyl (C=O) groups is 1. The van der Waals surface area contributed by atoms with Gasteiger partial charge in [-0.2, -0.15) is 0 Å². The molecule has 2 aromatic rings. The number of aromatic nitrogens is 4. The van der Waals surface area contributed by atoms with Gasteiger partial charge in [0.25, 0.3) is 0 Å². The molecule has 2 atom stereocenters. The van der Waals surface area contributed by atoms with Crippen molar-refractivity contribution in [3.63, 3.8) is 0 Å². The second-order valence-corrected chi connectivity index (χ2v) is 10.6. The maximum absolute atomic E-state index is 12.8. The molecule has 5 heterocycles. The van der Waals surface area contributed by atoms with Crippen molar-refractivity contribution in [2.45, 2.75) is 65.3 Å². The summed E-state index contributed by atoms with van der Waals surface area (Å²) in [6.07, 6.45) is 9.39. The number of imidazole rings is 1. The van der Waals surface area contributed by atoms with E-state index in [1.54, 1.807) is 6.33 Å². The summed E-state index contributed by atoms with van der Waals surface area (Å²) in [7, 11) is 0. The molecule has 0 unspecified atom stereocenters. The lowest BCUT2D eigenvalue weighted by molar-refractivity contribution is -0.125. The zero-order valence-electron chi connectivity index (χ0n) is 20.3. The highest BCUT2D eigenvalue weighted by molar-refractivity contribution is 5.84. The minimum absolute atomic E-state index is 0.0940. The van der Waals surface area contributed by atoms with E-state index in [0.29, 0.717) is 0 Å². The van der Waals surface area contributed by atoms with Crippen LogP contribution in [0.1, 0.15) is 58.2 Å². The summed E-state index contributed by atoms with van der Waals surface area (Å²) >= 11 is 0. The lowest BCUT2D eigenvalue weighted by Gasteiger charge is -2.35. The molecule has 3 aliphatic rings. The number of rotatable bonds is 5. The fraction of sp³-hybridized carbons (Fsp3) is 0.760. The summed E-state index contributed by atoms with van der Waals surface area (Å²) in [5, 5.41) is 3.21. The fourth-order valence-corrected chi connectivity index (χ4v) is 6.17. The Kier molecular flexibility index (Phi) is 6.81. The number of hydrogen-bond acceptors (Lipinski definition) is 6. The van der Waals surface area contributed by atoms with Gasteiger partial charge >= 0.3 is 0 Å². The minimum atomic E-state index is 0.0940. The molecule has 180 valence electrons. The number of carbonyl (C=O) groups excluding carboxylic acids is 1. The Morgan fingerprint density at radius 3 is 2.64 bits per heavy atom. The van der Waals surface area contributed by atoms with Gasteiger partial charge in [0.05, 0.1) is 0 Å². The Labute approximate surface area is 197 Å². The molecule has 0 radical (unpaired) electrons. The van der Waals surface area contributed by atoms with Gasteiger partial charge in [-0.05, 0) is 43.9 Å². The van der Waals surface area contributed by atoms with E-state index in [0.717, 1.165) is 99.7 Å². The molecule has 0 aliphatic carbocycles. The molecule has 2 fully saturated rings. The first-order valence-electron chi connectivity index (χ1n) is 13.0. The predicted molar refractivity (Wildman–Crippen MR) is 130 cm³/mol. The molecule has 8 heteroatoms. The predicted octanol–water partition coefficient (Wildman–Crippen LogP) is 2.86. The molecular weight excluding hydrogens is 414 g/mol. The van der Waals surface area contributed by atoms with E-state index >= 15 is 0 Å². The Bertz CT molecular complexity index is 955. The van der Waals surface area contributed by atoms with E-state index in [2.05, 4.69) is 43.5 Å². The number of nitrogens with zero attached hydrogens (tertiary/aromatic N) is 6. The van der Waals surface area contributed by atoms with E-state index in [9.17, 15) is 4.79 Å². The van der Waals surface area contributed by atoms with Crippen molar-refractivity contribution in [3.8, 4) is 0 Å². The van der Waals surface area contributed by atoms with Crippen molar-refractivity contribution in [1.82, 2.24) is 29.7 Å². The van der Waals surface area contributed by atoms with Crippen LogP contribution in [-0.2, 0) is 17.8 Å². The van der Waals surface area contributed by atoms with Crippen molar-refractivity contribution in [3.05, 3.63) is 12.2 Å². The Morgan fingerprint density at radius 1 is 1.06 bits per heavy atom. The lowest BCUT2D eigenvalue weighted by Crippen LogP contribution is -2.45. The highest BCUT2D eigenvalue weighted by Gasteiger charge is 2.28. The van der Waals surface area contributed by atoms with E-state index in [4.69, 9.17) is 4.98 Å². The molecule has 8 nitrogen and oxygen atoms in total. The highest BCUT2D eigenvalue weighted by Crippen LogP contribution is 2.29. The van der Waals surface area contributed by atoms with Crippen LogP contribution in [0.4, 0.5) is 5.82 Å². The summed E-state index contributed by atoms with van der Waals surface area (Å²) in [6, 6.07) is 0. The molecule has 5 rings (SSSR count). The average Bonchev–Trinajstić information content (AvgIpc) is 2.99. The smallest absolute Gasteiger partial charge is 0.223 e. The lowest BCUT2D eigenvalue weighted by atomic mass is 9.92. The first kappa shape index (κ1) is 22.6. The van der Waals surface area contributed by atoms with E-state index in [1.807, 2.05) is 0 Å². The van der Waals surface area contributed by atoms with Crippen LogP contribution >= 0.6 is 0 Å². The van der Waals surface area contributed by atoms with Crippen molar-refractivity contribution in [2.24, 2.45) is 17.8 Å². The van der Waals surface area contributed by atoms with Gasteiger partial charge in [0, 0.05) is 58.2 Å². The molecular formula is C25H39N7O. The quantitative estimate of drug-likeness (QED) is 0.750. The van der Waals surface area contributed by atoms with Gasteiger partial charge in [-0.3, -0.25) is 4.79 Å². The van der Waals surface area contributed by atoms with Gasteiger partial charge in [0.15, 0.2) is 17.0 Å². The van der Waals surface area contributed by atoms with Crippen molar-refractivity contribution in [2.75, 3.05) is 44.2 Å². The normalized spacial score (nSPS) is 25.1. The number of nitrogens with one attached hydrogen (secondary N) is 1. The summed E-state index contributed by atoms with van der Waals surface area (Å²) in [5.74, 6) is 3.91. The third-order valence-corrected chi connectivity index (χ3v) is 7.71. The number of aryl methyl sites for hydroxylation is 2. The average molecular weight is 454 g/mol. The van der Waals surface area contributed by atoms with E-state index in [1.165, 1.54) is 25.7 Å². The highest BCUT2D eigenvalue weighted by atomic mass is 16.1. The molecule has 3 aliphatic heterocycles. The topological polar surface area (TPSA) is 79.2 Å². The van der Waals surface area contributed by atoms with Gasteiger partial charge in [-0.25, -0.2) is 15.0 Å². The maximum atomic E-state index is 12.8. The van der Waals surface area contributed by atoms with Crippen LogP contribution in [-0.4, -0.2) is 69.6 Å². The zero-order valence-corrected chi connectivity index (χ0v) is 20.3. The summed E-state index contributed by atoms with van der Waals surface area (Å²) < 4.78 is 2.29. The second kappa shape index (κ2) is 9.95. The first-order valence-corrected chi connectivity index (χ1v) is 13.0. The maximum Gasteiger partial charge on any atom is 0.223 e. The summed E-state index contributed by atoms with van der Waals surface area (Å²) in [4.78, 5) is 31.7. The zero-order chi connectivity index (χ0) is 22.8. The van der Waals surface area contributed by atoms with E-state index < -0.39 is 0 Å². The second-order valence-electron chi connectivity index (χ2n) is 10.6. The van der Waals surface area contributed by atoms with Gasteiger partial charge in [-0.15, -0.1) is 0 Å². The van der Waals surface area contributed by atoms with Crippen molar-refractivity contribution >= 4 is 22.9 Å². The molecule has 1 amide bonds. The van der Waals surface area contributed by atoms with Gasteiger partial charge < -0.3 is 19.7 Å². The number of piperidine rings is 2. The molecule has 33 heavy (non-hydrogen) atoms. The molecule has 0 saturated carbocycles. The van der Waals surface area contributed by atoms with Gasteiger partial charge in [0.2, 0.25) is 5.91 Å². The standard InChI is InChI=1S/C25H39N7O/c1-18-14-19(2)16-30(15-18)13-9-26-25(33)20-7-11-31(12-8-20)23-22-24(28-17-27-23)32-10-5-3-4-6-21(32)29-22/h17-20H,3-16H2,1-2H3,(H,26,33)/t18-,19+. The minimum Gasteiger partial charge on any atom is -0.355 e. The molecule has 0 spiro atoms. The van der Waals surface area contributed by atoms with Crippen molar-refractivity contribution < 1.29 is 4.79 Å². The number of anilines is 1. The molecule has 2 saturated heterocycles. The van der Waals surface area contributed by atoms with Crippen LogP contribution in [0.5, 0.6) is 0 Å². The molecule has 0 bridgehead atoms. The number of hydrogen-bond donors (Lipinski definition) is 1. The Hall–Kier alpha value is -2.22. The van der Waals surface area contributed by atoms with Crippen molar-refractivity contribution in [1.29, 1.82) is 0 Å². The molecule has 2 aromatic heterocycles. The van der Waals surface area contributed by atoms with E-state index in [-0.39, 0.29) is 11.8 Å². The summed E-state index contributed by atoms with van der Waals surface area (Å²) in [5.41, 5.74) is 1.90. The van der Waals surface area contributed by atoms with Crippen LogP contribution in [0, 0.1) is 17.8 Å². The largest absolute Gasteiger partial charge is 0.355 e. The first-order chi connectivity index (χ1) is 16.1. The number of fused-ring (bicyclic) bond motifs is 3. The monoisotopic (exact) mass is 453 g/mol. The summed E-state index contributed by atoms with van der Waals surface area (Å²) in [6.45, 7) is 11.4. The van der Waals surface area contributed by atoms with Crippen LogP contribution < -0.4 is 10.2 Å². The van der Waals surface area contributed by atoms with Crippen LogP contribution in [0.2, 0.25) is 0 Å². The molecule has 1 N–H and O–H groups in total. The third-order valence-electron chi connectivity index (χ3n) is 7.71. The molecule has 0 aromatic carbocycles.